The highest BCUT2D eigenvalue weighted by Gasteiger charge is 2.19. The van der Waals surface area contributed by atoms with Gasteiger partial charge in [0.05, 0.1) is 21.3 Å². The van der Waals surface area contributed by atoms with Gasteiger partial charge in [0.2, 0.25) is 0 Å². The maximum absolute atomic E-state index is 12.4. The van der Waals surface area contributed by atoms with Gasteiger partial charge in [-0.15, -0.1) is 0 Å². The van der Waals surface area contributed by atoms with Crippen LogP contribution in [-0.4, -0.2) is 28.3 Å². The Hall–Kier alpha value is -0.880. The van der Waals surface area contributed by atoms with E-state index >= 15 is 0 Å². The zero-order valence-corrected chi connectivity index (χ0v) is 16.5. The summed E-state index contributed by atoms with van der Waals surface area (Å²) in [4.78, 5) is 0.238. The first-order valence-corrected chi connectivity index (χ1v) is 12.2. The van der Waals surface area contributed by atoms with Crippen LogP contribution in [0, 0.1) is 0 Å². The summed E-state index contributed by atoms with van der Waals surface area (Å²) < 4.78 is 49.5. The lowest BCUT2D eigenvalue weighted by Crippen LogP contribution is -2.10. The van der Waals surface area contributed by atoms with E-state index in [0.29, 0.717) is 12.8 Å². The Labute approximate surface area is 147 Å². The van der Waals surface area contributed by atoms with Gasteiger partial charge in [-0.3, -0.25) is 0 Å². The fourth-order valence-corrected chi connectivity index (χ4v) is 5.43. The second-order valence-electron chi connectivity index (χ2n) is 6.23. The molecule has 0 heterocycles. The number of unbranched alkanes of at least 4 members (excludes halogenated alkanes) is 6. The predicted octanol–water partition coefficient (Wildman–Crippen LogP) is 4.39. The Balaban J connectivity index is 2.81. The van der Waals surface area contributed by atoms with E-state index < -0.39 is 19.7 Å². The van der Waals surface area contributed by atoms with Crippen LogP contribution in [0.3, 0.4) is 0 Å². The average Bonchev–Trinajstić information content (AvgIpc) is 2.56. The number of benzene rings is 1. The summed E-state index contributed by atoms with van der Waals surface area (Å²) in [6.45, 7) is 4.15. The van der Waals surface area contributed by atoms with Crippen LogP contribution in [0.1, 0.15) is 65.2 Å². The van der Waals surface area contributed by atoms with Crippen molar-refractivity contribution in [1.82, 2.24) is 0 Å². The molecule has 0 aliphatic rings. The average molecular weight is 375 g/mol. The molecule has 0 spiro atoms. The maximum Gasteiger partial charge on any atom is 0.178 e. The first-order valence-electron chi connectivity index (χ1n) is 8.89. The monoisotopic (exact) mass is 374 g/mol. The van der Waals surface area contributed by atoms with Crippen molar-refractivity contribution < 1.29 is 16.8 Å². The number of hydrogen-bond acceptors (Lipinski definition) is 4. The molecule has 1 aromatic rings. The number of rotatable bonds is 12. The highest BCUT2D eigenvalue weighted by Crippen LogP contribution is 2.20. The molecule has 0 aromatic heterocycles. The third-order valence-electron chi connectivity index (χ3n) is 4.06. The van der Waals surface area contributed by atoms with Crippen LogP contribution in [0.5, 0.6) is 0 Å². The molecule has 0 N–H and O–H groups in total. The van der Waals surface area contributed by atoms with E-state index in [2.05, 4.69) is 13.8 Å². The third kappa shape index (κ3) is 6.93. The van der Waals surface area contributed by atoms with E-state index in [1.54, 1.807) is 0 Å². The summed E-state index contributed by atoms with van der Waals surface area (Å²) in [5, 5.41) is 0. The SMILES string of the molecule is CCCCCCS(=O)(=O)c1cccc(S(=O)(=O)CCCCCC)c1. The Kier molecular flexibility index (Phi) is 8.98. The molecule has 0 aliphatic carbocycles. The maximum atomic E-state index is 12.4. The first-order chi connectivity index (χ1) is 11.3. The first kappa shape index (κ1) is 21.2. The van der Waals surface area contributed by atoms with Crippen LogP contribution >= 0.6 is 0 Å². The number of sulfone groups is 2. The van der Waals surface area contributed by atoms with Crippen LogP contribution in [0.2, 0.25) is 0 Å². The molecule has 6 heteroatoms. The molecule has 1 rings (SSSR count). The lowest BCUT2D eigenvalue weighted by Gasteiger charge is -2.08. The molecule has 24 heavy (non-hydrogen) atoms. The molecule has 0 amide bonds. The highest BCUT2D eigenvalue weighted by molar-refractivity contribution is 7.92. The van der Waals surface area contributed by atoms with E-state index in [-0.39, 0.29) is 21.3 Å². The van der Waals surface area contributed by atoms with Crippen molar-refractivity contribution in [3.63, 3.8) is 0 Å². The fraction of sp³-hybridized carbons (Fsp3) is 0.667. The molecule has 0 atom stereocenters. The Morgan fingerprint density at radius 1 is 0.667 bits per heavy atom. The molecule has 0 saturated heterocycles. The Morgan fingerprint density at radius 2 is 1.08 bits per heavy atom. The van der Waals surface area contributed by atoms with E-state index in [4.69, 9.17) is 0 Å². The molecule has 0 fully saturated rings. The molecular weight excluding hydrogens is 344 g/mol. The van der Waals surface area contributed by atoms with Crippen LogP contribution in [0.15, 0.2) is 34.1 Å². The van der Waals surface area contributed by atoms with Crippen molar-refractivity contribution in [2.24, 2.45) is 0 Å². The van der Waals surface area contributed by atoms with Crippen molar-refractivity contribution in [2.75, 3.05) is 11.5 Å². The van der Waals surface area contributed by atoms with Gasteiger partial charge in [-0.2, -0.15) is 0 Å². The standard InChI is InChI=1S/C18H30O4S2/c1-3-5-7-9-14-23(19,20)17-12-11-13-18(16-17)24(21,22)15-10-8-6-4-2/h11-13,16H,3-10,14-15H2,1-2H3. The van der Waals surface area contributed by atoms with Crippen molar-refractivity contribution in [1.29, 1.82) is 0 Å². The lowest BCUT2D eigenvalue weighted by atomic mass is 10.2. The summed E-state index contributed by atoms with van der Waals surface area (Å²) in [6.07, 6.45) is 7.12. The van der Waals surface area contributed by atoms with Gasteiger partial charge in [0.15, 0.2) is 19.7 Å². The van der Waals surface area contributed by atoms with Crippen LogP contribution in [0.4, 0.5) is 0 Å². The van der Waals surface area contributed by atoms with Crippen molar-refractivity contribution in [3.05, 3.63) is 24.3 Å². The van der Waals surface area contributed by atoms with Crippen molar-refractivity contribution in [3.8, 4) is 0 Å². The second kappa shape index (κ2) is 10.2. The molecule has 4 nitrogen and oxygen atoms in total. The predicted molar refractivity (Wildman–Crippen MR) is 98.8 cm³/mol. The lowest BCUT2D eigenvalue weighted by molar-refractivity contribution is 0.587. The molecule has 0 saturated carbocycles. The summed E-state index contributed by atoms with van der Waals surface area (Å²) in [5.74, 6) is 0.153. The number of hydrogen-bond donors (Lipinski definition) is 0. The van der Waals surface area contributed by atoms with Crippen molar-refractivity contribution in [2.45, 2.75) is 75.0 Å². The van der Waals surface area contributed by atoms with Gasteiger partial charge in [0.25, 0.3) is 0 Å². The van der Waals surface area contributed by atoms with E-state index in [1.807, 2.05) is 0 Å². The minimum Gasteiger partial charge on any atom is -0.224 e. The van der Waals surface area contributed by atoms with Gasteiger partial charge in [0, 0.05) is 0 Å². The molecule has 1 aromatic carbocycles. The summed E-state index contributed by atoms with van der Waals surface area (Å²) in [5.41, 5.74) is 0. The van der Waals surface area contributed by atoms with E-state index in [0.717, 1.165) is 38.5 Å². The Bertz CT molecular complexity index is 634. The molecular formula is C18H30O4S2. The minimum atomic E-state index is -3.42. The van der Waals surface area contributed by atoms with Gasteiger partial charge >= 0.3 is 0 Å². The molecule has 0 radical (unpaired) electrons. The largest absolute Gasteiger partial charge is 0.224 e. The van der Waals surface area contributed by atoms with E-state index in [1.165, 1.54) is 24.3 Å². The summed E-state index contributed by atoms with van der Waals surface area (Å²) >= 11 is 0. The van der Waals surface area contributed by atoms with Crippen LogP contribution < -0.4 is 0 Å². The van der Waals surface area contributed by atoms with Crippen molar-refractivity contribution >= 4 is 19.7 Å². The quantitative estimate of drug-likeness (QED) is 0.509. The zero-order chi connectivity index (χ0) is 18.1. The van der Waals surface area contributed by atoms with E-state index in [9.17, 15) is 16.8 Å². The smallest absolute Gasteiger partial charge is 0.178 e. The van der Waals surface area contributed by atoms with Crippen LogP contribution in [-0.2, 0) is 19.7 Å². The topological polar surface area (TPSA) is 68.3 Å². The highest BCUT2D eigenvalue weighted by atomic mass is 32.2. The fourth-order valence-electron chi connectivity index (χ4n) is 2.53. The summed E-state index contributed by atoms with van der Waals surface area (Å²) in [6, 6.07) is 5.83. The Morgan fingerprint density at radius 3 is 1.46 bits per heavy atom. The van der Waals surface area contributed by atoms with Gasteiger partial charge in [-0.1, -0.05) is 58.4 Å². The van der Waals surface area contributed by atoms with Gasteiger partial charge in [-0.25, -0.2) is 16.8 Å². The molecule has 138 valence electrons. The summed E-state index contributed by atoms with van der Waals surface area (Å²) in [7, 11) is -6.83. The van der Waals surface area contributed by atoms with Crippen LogP contribution in [0.25, 0.3) is 0 Å². The molecule has 0 bridgehead atoms. The van der Waals surface area contributed by atoms with Gasteiger partial charge < -0.3 is 0 Å². The zero-order valence-electron chi connectivity index (χ0n) is 14.8. The minimum absolute atomic E-state index is 0.0764. The normalized spacial score (nSPS) is 12.4. The van der Waals surface area contributed by atoms with Gasteiger partial charge in [0.1, 0.15) is 0 Å². The third-order valence-corrected chi connectivity index (χ3v) is 7.65. The van der Waals surface area contributed by atoms with Gasteiger partial charge in [-0.05, 0) is 31.0 Å². The molecule has 0 aliphatic heterocycles. The second-order valence-corrected chi connectivity index (χ2v) is 10.5. The molecule has 0 unspecified atom stereocenters.